The van der Waals surface area contributed by atoms with Gasteiger partial charge in [-0.05, 0) is 80.6 Å². The number of halogens is 3. The van der Waals surface area contributed by atoms with Gasteiger partial charge in [0.05, 0.1) is 6.61 Å². The fraction of sp³-hybridized carbons (Fsp3) is 0.654. The van der Waals surface area contributed by atoms with E-state index in [9.17, 15) is 18.0 Å². The summed E-state index contributed by atoms with van der Waals surface area (Å²) in [6.07, 6.45) is 12.1. The van der Waals surface area contributed by atoms with E-state index in [-0.39, 0.29) is 5.56 Å². The van der Waals surface area contributed by atoms with Crippen LogP contribution in [0.1, 0.15) is 73.7 Å². The van der Waals surface area contributed by atoms with Gasteiger partial charge in [-0.2, -0.15) is 13.2 Å². The molecule has 0 N–H and O–H groups in total. The maximum Gasteiger partial charge on any atom is 0.454 e. The highest BCUT2D eigenvalue weighted by Crippen LogP contribution is 2.42. The van der Waals surface area contributed by atoms with Crippen LogP contribution in [0.5, 0.6) is 0 Å². The predicted molar refractivity (Wildman–Crippen MR) is 117 cm³/mol. The largest absolute Gasteiger partial charge is 0.454 e. The van der Waals surface area contributed by atoms with Crippen molar-refractivity contribution in [2.75, 3.05) is 13.7 Å². The fourth-order valence-electron chi connectivity index (χ4n) is 5.46. The van der Waals surface area contributed by atoms with Crippen LogP contribution in [-0.2, 0) is 11.2 Å². The van der Waals surface area contributed by atoms with Gasteiger partial charge >= 0.3 is 6.18 Å². The number of aryl methyl sites for hydroxylation is 1. The number of methoxy groups -OCH3 is 1. The molecular formula is C26H35F3O2. The first kappa shape index (κ1) is 24.0. The minimum Gasteiger partial charge on any atom is -0.381 e. The van der Waals surface area contributed by atoms with Gasteiger partial charge in [-0.1, -0.05) is 49.3 Å². The quantitative estimate of drug-likeness (QED) is 0.319. The molecule has 0 bridgehead atoms. The molecule has 0 atom stereocenters. The second-order valence-electron chi connectivity index (χ2n) is 9.40. The zero-order valence-corrected chi connectivity index (χ0v) is 18.5. The predicted octanol–water partition coefficient (Wildman–Crippen LogP) is 7.18. The number of hydrogen-bond acceptors (Lipinski definition) is 2. The Balaban J connectivity index is 1.37. The number of carbonyl (C=O) groups excluding carboxylic acids is 1. The molecule has 0 unspecified atom stereocenters. The van der Waals surface area contributed by atoms with Crippen LogP contribution < -0.4 is 0 Å². The molecule has 172 valence electrons. The van der Waals surface area contributed by atoms with Gasteiger partial charge in [0.2, 0.25) is 0 Å². The average molecular weight is 437 g/mol. The van der Waals surface area contributed by atoms with Gasteiger partial charge in [-0.3, -0.25) is 4.79 Å². The molecule has 2 nitrogen and oxygen atoms in total. The third-order valence-electron chi connectivity index (χ3n) is 7.36. The summed E-state index contributed by atoms with van der Waals surface area (Å²) in [7, 11) is 1.73. The van der Waals surface area contributed by atoms with Crippen molar-refractivity contribution in [3.63, 3.8) is 0 Å². The molecule has 0 saturated heterocycles. The van der Waals surface area contributed by atoms with Crippen LogP contribution in [0.15, 0.2) is 36.4 Å². The van der Waals surface area contributed by atoms with Gasteiger partial charge < -0.3 is 4.74 Å². The molecule has 2 saturated carbocycles. The summed E-state index contributed by atoms with van der Waals surface area (Å²) in [5.41, 5.74) is 0.737. The minimum absolute atomic E-state index is 0.277. The lowest BCUT2D eigenvalue weighted by molar-refractivity contribution is -0.0885. The molecule has 1 aromatic rings. The van der Waals surface area contributed by atoms with Crippen molar-refractivity contribution in [3.8, 4) is 0 Å². The van der Waals surface area contributed by atoms with Crippen LogP contribution in [-0.4, -0.2) is 25.7 Å². The normalized spacial score (nSPS) is 27.5. The lowest BCUT2D eigenvalue weighted by atomic mass is 9.68. The lowest BCUT2D eigenvalue weighted by Gasteiger charge is -2.37. The molecule has 0 heterocycles. The van der Waals surface area contributed by atoms with Gasteiger partial charge in [0, 0.05) is 12.7 Å². The SMILES string of the molecule is COCC=CC1CCC(C2CCC(CCc3ccc(C(=O)C(F)(F)F)cc3)CC2)CC1. The molecule has 0 radical (unpaired) electrons. The number of ketones is 1. The van der Waals surface area contributed by atoms with Crippen molar-refractivity contribution in [1.82, 2.24) is 0 Å². The van der Waals surface area contributed by atoms with E-state index >= 15 is 0 Å². The summed E-state index contributed by atoms with van der Waals surface area (Å²) < 4.78 is 42.6. The number of hydrogen-bond donors (Lipinski definition) is 0. The number of benzene rings is 1. The van der Waals surface area contributed by atoms with Crippen LogP contribution in [0.2, 0.25) is 0 Å². The molecule has 0 amide bonds. The van der Waals surface area contributed by atoms with E-state index in [1.54, 1.807) is 19.2 Å². The fourth-order valence-corrected chi connectivity index (χ4v) is 5.46. The van der Waals surface area contributed by atoms with Crippen molar-refractivity contribution in [2.24, 2.45) is 23.7 Å². The summed E-state index contributed by atoms with van der Waals surface area (Å²) in [5, 5.41) is 0. The number of alkyl halides is 3. The molecule has 0 aromatic heterocycles. The Bertz CT molecular complexity index is 707. The highest BCUT2D eigenvalue weighted by atomic mass is 19.4. The molecular weight excluding hydrogens is 401 g/mol. The lowest BCUT2D eigenvalue weighted by Crippen LogP contribution is -2.25. The van der Waals surface area contributed by atoms with Crippen LogP contribution in [0.4, 0.5) is 13.2 Å². The van der Waals surface area contributed by atoms with E-state index in [1.807, 2.05) is 0 Å². The van der Waals surface area contributed by atoms with Crippen LogP contribution >= 0.6 is 0 Å². The Hall–Kier alpha value is -1.62. The highest BCUT2D eigenvalue weighted by Gasteiger charge is 2.39. The van der Waals surface area contributed by atoms with E-state index < -0.39 is 12.0 Å². The monoisotopic (exact) mass is 436 g/mol. The van der Waals surface area contributed by atoms with E-state index in [2.05, 4.69) is 12.2 Å². The van der Waals surface area contributed by atoms with Gasteiger partial charge in [-0.25, -0.2) is 0 Å². The van der Waals surface area contributed by atoms with E-state index in [1.165, 1.54) is 63.5 Å². The maximum atomic E-state index is 12.5. The molecule has 2 aliphatic carbocycles. The maximum absolute atomic E-state index is 12.5. The Kier molecular flexibility index (Phi) is 8.76. The first-order valence-corrected chi connectivity index (χ1v) is 11.7. The summed E-state index contributed by atoms with van der Waals surface area (Å²) in [4.78, 5) is 11.3. The first-order chi connectivity index (χ1) is 14.9. The summed E-state index contributed by atoms with van der Waals surface area (Å²) in [6, 6.07) is 5.96. The standard InChI is InChI=1S/C26H35F3O2/c1-31-18-2-3-19-6-12-22(13-7-19)23-14-8-20(9-15-23)4-5-21-10-16-24(17-11-21)25(30)26(27,28)29/h2-3,10-11,16-17,19-20,22-23H,4-9,12-15,18H2,1H3. The first-order valence-electron chi connectivity index (χ1n) is 11.7. The smallest absolute Gasteiger partial charge is 0.381 e. The van der Waals surface area contributed by atoms with Crippen molar-refractivity contribution in [1.29, 1.82) is 0 Å². The topological polar surface area (TPSA) is 26.3 Å². The van der Waals surface area contributed by atoms with Crippen molar-refractivity contribution < 1.29 is 22.7 Å². The van der Waals surface area contributed by atoms with Crippen molar-refractivity contribution >= 4 is 5.78 Å². The third-order valence-corrected chi connectivity index (χ3v) is 7.36. The number of carbonyl (C=O) groups is 1. The van der Waals surface area contributed by atoms with Gasteiger partial charge in [-0.15, -0.1) is 0 Å². The molecule has 31 heavy (non-hydrogen) atoms. The minimum atomic E-state index is -4.81. The molecule has 1 aromatic carbocycles. The molecule has 2 fully saturated rings. The molecule has 0 spiro atoms. The Morgan fingerprint density at radius 1 is 0.968 bits per heavy atom. The van der Waals surface area contributed by atoms with Crippen molar-refractivity contribution in [3.05, 3.63) is 47.5 Å². The summed E-state index contributed by atoms with van der Waals surface area (Å²) >= 11 is 0. The molecule has 0 aliphatic heterocycles. The molecule has 3 rings (SSSR count). The van der Waals surface area contributed by atoms with Crippen LogP contribution in [0.3, 0.4) is 0 Å². The second-order valence-corrected chi connectivity index (χ2v) is 9.40. The zero-order chi connectivity index (χ0) is 22.3. The average Bonchev–Trinajstić information content (AvgIpc) is 2.78. The van der Waals surface area contributed by atoms with E-state index in [0.29, 0.717) is 12.5 Å². The van der Waals surface area contributed by atoms with E-state index in [0.717, 1.165) is 36.2 Å². The zero-order valence-electron chi connectivity index (χ0n) is 18.5. The molecule has 2 aliphatic rings. The Labute approximate surface area is 184 Å². The summed E-state index contributed by atoms with van der Waals surface area (Å²) in [5.74, 6) is 1.42. The van der Waals surface area contributed by atoms with Crippen molar-refractivity contribution in [2.45, 2.75) is 70.4 Å². The highest BCUT2D eigenvalue weighted by molar-refractivity contribution is 6.00. The van der Waals surface area contributed by atoms with E-state index in [4.69, 9.17) is 4.74 Å². The third kappa shape index (κ3) is 7.20. The van der Waals surface area contributed by atoms with Crippen LogP contribution in [0.25, 0.3) is 0 Å². The van der Waals surface area contributed by atoms with Gasteiger partial charge in [0.25, 0.3) is 5.78 Å². The second kappa shape index (κ2) is 11.3. The van der Waals surface area contributed by atoms with Gasteiger partial charge in [0.1, 0.15) is 0 Å². The number of allylic oxidation sites excluding steroid dienone is 1. The number of ether oxygens (including phenoxy) is 1. The molecule has 5 heteroatoms. The van der Waals surface area contributed by atoms with Gasteiger partial charge in [0.15, 0.2) is 0 Å². The number of Topliss-reactive ketones (excluding diaryl/α,β-unsaturated/α-hetero) is 1. The Morgan fingerprint density at radius 3 is 2.10 bits per heavy atom. The Morgan fingerprint density at radius 2 is 1.55 bits per heavy atom. The number of rotatable bonds is 8. The summed E-state index contributed by atoms with van der Waals surface area (Å²) in [6.45, 7) is 0.708. The van der Waals surface area contributed by atoms with Crippen LogP contribution in [0, 0.1) is 23.7 Å².